The van der Waals surface area contributed by atoms with Gasteiger partial charge in [-0.2, -0.15) is 0 Å². The second kappa shape index (κ2) is 7.71. The zero-order valence-corrected chi connectivity index (χ0v) is 15.2. The van der Waals surface area contributed by atoms with Crippen molar-refractivity contribution in [1.29, 1.82) is 0 Å². The van der Waals surface area contributed by atoms with Crippen LogP contribution >= 0.6 is 0 Å². The van der Waals surface area contributed by atoms with Crippen LogP contribution in [0.25, 0.3) is 0 Å². The Morgan fingerprint density at radius 3 is 2.44 bits per heavy atom. The SMILES string of the molecule is Cc1cc(S(=O)(=O)Nc2ccc(NCc3ccccc3F)cn2)ccc1F. The number of nitrogens with one attached hydrogen (secondary N) is 2. The van der Waals surface area contributed by atoms with E-state index in [0.717, 1.165) is 6.07 Å². The third-order valence-electron chi connectivity index (χ3n) is 3.88. The van der Waals surface area contributed by atoms with Crippen LogP contribution < -0.4 is 10.0 Å². The molecule has 5 nitrogen and oxygen atoms in total. The van der Waals surface area contributed by atoms with Crippen molar-refractivity contribution in [2.75, 3.05) is 10.0 Å². The van der Waals surface area contributed by atoms with E-state index >= 15 is 0 Å². The molecule has 140 valence electrons. The first-order valence-corrected chi connectivity index (χ1v) is 9.56. The minimum absolute atomic E-state index is 0.0510. The number of nitrogens with zero attached hydrogens (tertiary/aromatic N) is 1. The van der Waals surface area contributed by atoms with E-state index in [4.69, 9.17) is 0 Å². The van der Waals surface area contributed by atoms with Gasteiger partial charge in [-0.15, -0.1) is 0 Å². The fourth-order valence-corrected chi connectivity index (χ4v) is 3.47. The summed E-state index contributed by atoms with van der Waals surface area (Å²) >= 11 is 0. The standard InChI is InChI=1S/C19H17F2N3O2S/c1-13-10-16(7-8-17(13)20)27(25,26)24-19-9-6-15(12-23-19)22-11-14-4-2-3-5-18(14)21/h2-10,12,22H,11H2,1H3,(H,23,24). The van der Waals surface area contributed by atoms with Gasteiger partial charge in [0.25, 0.3) is 10.0 Å². The van der Waals surface area contributed by atoms with Gasteiger partial charge in [0.2, 0.25) is 0 Å². The van der Waals surface area contributed by atoms with Gasteiger partial charge in [-0.25, -0.2) is 22.2 Å². The van der Waals surface area contributed by atoms with Gasteiger partial charge >= 0.3 is 0 Å². The van der Waals surface area contributed by atoms with Crippen LogP contribution in [-0.2, 0) is 16.6 Å². The molecule has 3 aromatic rings. The first-order valence-electron chi connectivity index (χ1n) is 8.07. The fourth-order valence-electron chi connectivity index (χ4n) is 2.38. The lowest BCUT2D eigenvalue weighted by atomic mass is 10.2. The van der Waals surface area contributed by atoms with E-state index in [1.165, 1.54) is 37.4 Å². The minimum atomic E-state index is -3.88. The first kappa shape index (κ1) is 18.8. The summed E-state index contributed by atoms with van der Waals surface area (Å²) < 4.78 is 54.0. The Morgan fingerprint density at radius 2 is 1.78 bits per heavy atom. The van der Waals surface area contributed by atoms with Crippen LogP contribution in [0.2, 0.25) is 0 Å². The Labute approximate surface area is 156 Å². The van der Waals surface area contributed by atoms with Crippen molar-refractivity contribution in [3.8, 4) is 0 Å². The molecule has 0 atom stereocenters. The van der Waals surface area contributed by atoms with E-state index in [0.29, 0.717) is 11.3 Å². The normalized spacial score (nSPS) is 11.2. The Hall–Kier alpha value is -3.00. The summed E-state index contributed by atoms with van der Waals surface area (Å²) in [4.78, 5) is 3.99. The quantitative estimate of drug-likeness (QED) is 0.666. The number of sulfonamides is 1. The summed E-state index contributed by atoms with van der Waals surface area (Å²) in [6, 6.07) is 13.1. The monoisotopic (exact) mass is 389 g/mol. The third kappa shape index (κ3) is 4.59. The van der Waals surface area contributed by atoms with Gasteiger partial charge in [0.15, 0.2) is 0 Å². The molecule has 1 heterocycles. The molecule has 0 aliphatic carbocycles. The highest BCUT2D eigenvalue weighted by atomic mass is 32.2. The van der Waals surface area contributed by atoms with E-state index in [1.807, 2.05) is 0 Å². The molecular weight excluding hydrogens is 372 g/mol. The number of anilines is 2. The van der Waals surface area contributed by atoms with E-state index in [-0.39, 0.29) is 28.6 Å². The molecule has 8 heteroatoms. The molecule has 1 aromatic heterocycles. The van der Waals surface area contributed by atoms with Crippen molar-refractivity contribution < 1.29 is 17.2 Å². The van der Waals surface area contributed by atoms with Gasteiger partial charge in [-0.05, 0) is 48.9 Å². The highest BCUT2D eigenvalue weighted by molar-refractivity contribution is 7.92. The largest absolute Gasteiger partial charge is 0.380 e. The number of rotatable bonds is 6. The summed E-state index contributed by atoms with van der Waals surface area (Å²) in [5.74, 6) is -0.664. The van der Waals surface area contributed by atoms with Crippen LogP contribution in [0.5, 0.6) is 0 Å². The van der Waals surface area contributed by atoms with Gasteiger partial charge in [-0.1, -0.05) is 18.2 Å². The van der Waals surface area contributed by atoms with Crippen LogP contribution in [-0.4, -0.2) is 13.4 Å². The lowest BCUT2D eigenvalue weighted by Crippen LogP contribution is -2.14. The summed E-state index contributed by atoms with van der Waals surface area (Å²) in [5.41, 5.74) is 1.35. The van der Waals surface area contributed by atoms with Crippen molar-refractivity contribution in [2.45, 2.75) is 18.4 Å². The molecule has 2 aromatic carbocycles. The van der Waals surface area contributed by atoms with Crippen LogP contribution in [0.3, 0.4) is 0 Å². The number of hydrogen-bond donors (Lipinski definition) is 2. The van der Waals surface area contributed by atoms with Gasteiger partial charge in [0.05, 0.1) is 16.8 Å². The Balaban J connectivity index is 1.68. The molecule has 0 saturated heterocycles. The lowest BCUT2D eigenvalue weighted by Gasteiger charge is -2.10. The van der Waals surface area contributed by atoms with E-state index in [1.54, 1.807) is 24.3 Å². The van der Waals surface area contributed by atoms with Crippen LogP contribution in [0.15, 0.2) is 65.7 Å². The van der Waals surface area contributed by atoms with Gasteiger partial charge in [-0.3, -0.25) is 4.72 Å². The molecule has 0 fully saturated rings. The number of hydrogen-bond acceptors (Lipinski definition) is 4. The topological polar surface area (TPSA) is 71.1 Å². The fraction of sp³-hybridized carbons (Fsp3) is 0.105. The van der Waals surface area contributed by atoms with E-state index < -0.39 is 15.8 Å². The lowest BCUT2D eigenvalue weighted by molar-refractivity contribution is 0.598. The smallest absolute Gasteiger partial charge is 0.263 e. The average molecular weight is 389 g/mol. The number of aromatic nitrogens is 1. The maximum Gasteiger partial charge on any atom is 0.263 e. The predicted molar refractivity (Wildman–Crippen MR) is 99.9 cm³/mol. The number of pyridine rings is 1. The van der Waals surface area contributed by atoms with Gasteiger partial charge in [0.1, 0.15) is 17.5 Å². The summed E-state index contributed by atoms with van der Waals surface area (Å²) in [7, 11) is -3.88. The second-order valence-corrected chi connectivity index (χ2v) is 7.58. The summed E-state index contributed by atoms with van der Waals surface area (Å²) in [6.45, 7) is 1.76. The zero-order chi connectivity index (χ0) is 19.4. The van der Waals surface area contributed by atoms with Crippen LogP contribution in [0, 0.1) is 18.6 Å². The molecule has 0 spiro atoms. The van der Waals surface area contributed by atoms with Crippen molar-refractivity contribution in [1.82, 2.24) is 4.98 Å². The van der Waals surface area contributed by atoms with Crippen molar-refractivity contribution in [3.05, 3.63) is 83.6 Å². The number of halogens is 2. The van der Waals surface area contributed by atoms with E-state index in [2.05, 4.69) is 15.0 Å². The summed E-state index contributed by atoms with van der Waals surface area (Å²) in [6.07, 6.45) is 1.44. The predicted octanol–water partition coefficient (Wildman–Crippen LogP) is 4.08. The molecule has 0 aliphatic heterocycles. The average Bonchev–Trinajstić information content (AvgIpc) is 2.64. The molecule has 2 N–H and O–H groups in total. The number of benzene rings is 2. The Bertz CT molecular complexity index is 1050. The third-order valence-corrected chi connectivity index (χ3v) is 5.24. The first-order chi connectivity index (χ1) is 12.8. The van der Waals surface area contributed by atoms with Crippen molar-refractivity contribution in [3.63, 3.8) is 0 Å². The molecule has 0 unspecified atom stereocenters. The maximum absolute atomic E-state index is 13.6. The molecule has 0 saturated carbocycles. The number of aryl methyl sites for hydroxylation is 1. The highest BCUT2D eigenvalue weighted by Gasteiger charge is 2.16. The zero-order valence-electron chi connectivity index (χ0n) is 14.4. The molecule has 0 bridgehead atoms. The van der Waals surface area contributed by atoms with Crippen molar-refractivity contribution >= 4 is 21.5 Å². The minimum Gasteiger partial charge on any atom is -0.380 e. The highest BCUT2D eigenvalue weighted by Crippen LogP contribution is 2.19. The maximum atomic E-state index is 13.6. The van der Waals surface area contributed by atoms with E-state index in [9.17, 15) is 17.2 Å². The molecule has 0 radical (unpaired) electrons. The molecule has 27 heavy (non-hydrogen) atoms. The van der Waals surface area contributed by atoms with Crippen LogP contribution in [0.1, 0.15) is 11.1 Å². The Morgan fingerprint density at radius 1 is 1.00 bits per heavy atom. The van der Waals surface area contributed by atoms with Crippen molar-refractivity contribution in [2.24, 2.45) is 0 Å². The molecule has 0 amide bonds. The summed E-state index contributed by atoms with van der Waals surface area (Å²) in [5, 5.41) is 3.02. The van der Waals surface area contributed by atoms with Crippen LogP contribution in [0.4, 0.5) is 20.3 Å². The van der Waals surface area contributed by atoms with Gasteiger partial charge < -0.3 is 5.32 Å². The second-order valence-electron chi connectivity index (χ2n) is 5.89. The molecular formula is C19H17F2N3O2S. The molecule has 0 aliphatic rings. The molecule has 3 rings (SSSR count). The Kier molecular flexibility index (Phi) is 5.36. The van der Waals surface area contributed by atoms with Gasteiger partial charge in [0, 0.05) is 12.1 Å².